The number of nitrogens with one attached hydrogen (secondary N) is 2. The normalized spacial score (nSPS) is 42.5. The number of hydrogen-bond acceptors (Lipinski definition) is 2. The molecule has 4 aliphatic rings. The van der Waals surface area contributed by atoms with E-state index in [0.29, 0.717) is 19.0 Å². The first kappa shape index (κ1) is 14.3. The lowest BCUT2D eigenvalue weighted by Gasteiger charge is -2.32. The largest absolute Gasteiger partial charge is 0.336 e. The lowest BCUT2D eigenvalue weighted by Crippen LogP contribution is -2.47. The molecule has 0 radical (unpaired) electrons. The summed E-state index contributed by atoms with van der Waals surface area (Å²) in [6.07, 6.45) is 4.55. The molecule has 1 heterocycles. The molecule has 3 aliphatic carbocycles. The Morgan fingerprint density at radius 2 is 1.77 bits per heavy atom. The molecule has 122 valence electrons. The van der Waals surface area contributed by atoms with Crippen molar-refractivity contribution in [3.63, 3.8) is 0 Å². The fourth-order valence-corrected chi connectivity index (χ4v) is 5.35. The van der Waals surface area contributed by atoms with Crippen LogP contribution in [0.25, 0.3) is 0 Å². The van der Waals surface area contributed by atoms with E-state index >= 15 is 0 Å². The van der Waals surface area contributed by atoms with Crippen molar-refractivity contribution in [1.29, 1.82) is 0 Å². The minimum Gasteiger partial charge on any atom is -0.336 e. The minimum absolute atomic E-state index is 0.0537. The van der Waals surface area contributed by atoms with Crippen LogP contribution in [0.1, 0.15) is 46.5 Å². The number of rotatable bonds is 2. The van der Waals surface area contributed by atoms with Gasteiger partial charge in [-0.2, -0.15) is 0 Å². The van der Waals surface area contributed by atoms with Crippen LogP contribution in [0.2, 0.25) is 0 Å². The van der Waals surface area contributed by atoms with Gasteiger partial charge in [-0.3, -0.25) is 4.79 Å². The predicted molar refractivity (Wildman–Crippen MR) is 83.1 cm³/mol. The van der Waals surface area contributed by atoms with Crippen LogP contribution >= 0.6 is 0 Å². The molecule has 2 bridgehead atoms. The fraction of sp³-hybridized carbons (Fsp3) is 0.882. The first-order chi connectivity index (χ1) is 10.3. The van der Waals surface area contributed by atoms with Crippen molar-refractivity contribution < 1.29 is 9.59 Å². The van der Waals surface area contributed by atoms with Crippen LogP contribution in [0.3, 0.4) is 0 Å². The second-order valence-electron chi connectivity index (χ2n) is 8.71. The summed E-state index contributed by atoms with van der Waals surface area (Å²) in [4.78, 5) is 26.1. The quantitative estimate of drug-likeness (QED) is 0.816. The molecule has 4 rings (SSSR count). The zero-order valence-corrected chi connectivity index (χ0v) is 13.8. The molecule has 0 unspecified atom stereocenters. The van der Waals surface area contributed by atoms with E-state index in [1.54, 1.807) is 0 Å². The Bertz CT molecular complexity index is 497. The molecule has 4 fully saturated rings. The molecule has 0 aromatic carbocycles. The van der Waals surface area contributed by atoms with Gasteiger partial charge in [0.2, 0.25) is 5.91 Å². The molecule has 22 heavy (non-hydrogen) atoms. The molecular formula is C17H27N3O2. The number of carbonyl (C=O) groups is 2. The van der Waals surface area contributed by atoms with Crippen molar-refractivity contribution in [2.75, 3.05) is 6.54 Å². The second-order valence-corrected chi connectivity index (χ2v) is 8.71. The molecule has 0 spiro atoms. The average Bonchev–Trinajstić information content (AvgIpc) is 2.80. The summed E-state index contributed by atoms with van der Waals surface area (Å²) in [5.74, 6) is 3.37. The van der Waals surface area contributed by atoms with Crippen LogP contribution in [0.15, 0.2) is 0 Å². The lowest BCUT2D eigenvalue weighted by atomic mass is 10.0. The zero-order valence-electron chi connectivity index (χ0n) is 13.8. The number of likely N-dealkylation sites (tertiary alicyclic amines) is 1. The highest BCUT2D eigenvalue weighted by Crippen LogP contribution is 2.65. The van der Waals surface area contributed by atoms with Gasteiger partial charge in [-0.25, -0.2) is 4.79 Å². The van der Waals surface area contributed by atoms with Crippen LogP contribution in [-0.4, -0.2) is 41.0 Å². The van der Waals surface area contributed by atoms with Crippen molar-refractivity contribution in [1.82, 2.24) is 15.5 Å². The monoisotopic (exact) mass is 305 g/mol. The van der Waals surface area contributed by atoms with Gasteiger partial charge in [0.1, 0.15) is 0 Å². The SMILES string of the molecule is CC(C)(C)N1C[C@H](NC(=O)NC2[C@H]3[C@H]4CC[C@@H](C4)[C@H]23)CC1=O. The van der Waals surface area contributed by atoms with E-state index in [0.717, 1.165) is 23.7 Å². The minimum atomic E-state index is -0.170. The zero-order chi connectivity index (χ0) is 15.6. The summed E-state index contributed by atoms with van der Waals surface area (Å²) in [5.41, 5.74) is -0.170. The average molecular weight is 305 g/mol. The molecule has 0 aromatic heterocycles. The van der Waals surface area contributed by atoms with Gasteiger partial charge in [-0.1, -0.05) is 0 Å². The Hall–Kier alpha value is -1.26. The second kappa shape index (κ2) is 4.62. The van der Waals surface area contributed by atoms with Crippen molar-refractivity contribution >= 4 is 11.9 Å². The molecule has 3 amide bonds. The highest BCUT2D eigenvalue weighted by Gasteiger charge is 2.65. The summed E-state index contributed by atoms with van der Waals surface area (Å²) in [6.45, 7) is 6.73. The number of nitrogens with zero attached hydrogens (tertiary/aromatic N) is 1. The number of carbonyl (C=O) groups excluding carboxylic acids is 2. The van der Waals surface area contributed by atoms with Crippen LogP contribution in [0.5, 0.6) is 0 Å². The fourth-order valence-electron chi connectivity index (χ4n) is 5.35. The molecule has 5 atom stereocenters. The van der Waals surface area contributed by atoms with Crippen molar-refractivity contribution in [2.24, 2.45) is 23.7 Å². The summed E-state index contributed by atoms with van der Waals surface area (Å²) >= 11 is 0. The van der Waals surface area contributed by atoms with Crippen LogP contribution in [0.4, 0.5) is 4.79 Å². The topological polar surface area (TPSA) is 61.4 Å². The molecule has 1 saturated heterocycles. The molecule has 3 saturated carbocycles. The Kier molecular flexibility index (Phi) is 3.01. The van der Waals surface area contributed by atoms with Gasteiger partial charge in [0.25, 0.3) is 0 Å². The molecule has 5 heteroatoms. The number of amides is 3. The Labute approximate surface area is 132 Å². The molecule has 0 aromatic rings. The Balaban J connectivity index is 1.28. The van der Waals surface area contributed by atoms with E-state index in [4.69, 9.17) is 0 Å². The molecule has 2 N–H and O–H groups in total. The maximum absolute atomic E-state index is 12.2. The summed E-state index contributed by atoms with van der Waals surface area (Å²) in [6, 6.07) is 0.275. The van der Waals surface area contributed by atoms with Crippen molar-refractivity contribution in [3.8, 4) is 0 Å². The van der Waals surface area contributed by atoms with Gasteiger partial charge >= 0.3 is 6.03 Å². The van der Waals surface area contributed by atoms with E-state index in [-0.39, 0.29) is 23.5 Å². The van der Waals surface area contributed by atoms with Gasteiger partial charge in [0, 0.05) is 24.5 Å². The van der Waals surface area contributed by atoms with Gasteiger partial charge in [0.15, 0.2) is 0 Å². The van der Waals surface area contributed by atoms with E-state index < -0.39 is 0 Å². The molecule has 5 nitrogen and oxygen atoms in total. The standard InChI is InChI=1S/C17H27N3O2/c1-17(2,3)20-8-11(7-12(20)21)18-16(22)19-15-13-9-4-5-10(6-9)14(13)15/h9-11,13-15H,4-8H2,1-3H3,(H2,18,19,22)/t9-,10-,11+,13-,14-/m0/s1. The highest BCUT2D eigenvalue weighted by molar-refractivity contribution is 5.82. The summed E-state index contributed by atoms with van der Waals surface area (Å²) < 4.78 is 0. The third-order valence-corrected chi connectivity index (χ3v) is 6.30. The summed E-state index contributed by atoms with van der Waals surface area (Å²) in [7, 11) is 0. The predicted octanol–water partition coefficient (Wildman–Crippen LogP) is 1.73. The third-order valence-electron chi connectivity index (χ3n) is 6.30. The van der Waals surface area contributed by atoms with E-state index in [2.05, 4.69) is 10.6 Å². The van der Waals surface area contributed by atoms with Gasteiger partial charge < -0.3 is 15.5 Å². The molecule has 1 aliphatic heterocycles. The van der Waals surface area contributed by atoms with E-state index in [9.17, 15) is 9.59 Å². The van der Waals surface area contributed by atoms with Crippen LogP contribution in [0, 0.1) is 23.7 Å². The lowest BCUT2D eigenvalue weighted by molar-refractivity contribution is -0.131. The highest BCUT2D eigenvalue weighted by atomic mass is 16.2. The maximum atomic E-state index is 12.2. The smallest absolute Gasteiger partial charge is 0.315 e. The number of urea groups is 1. The van der Waals surface area contributed by atoms with Crippen molar-refractivity contribution in [3.05, 3.63) is 0 Å². The van der Waals surface area contributed by atoms with Gasteiger partial charge in [0.05, 0.1) is 6.04 Å². The summed E-state index contributed by atoms with van der Waals surface area (Å²) in [5, 5.41) is 6.18. The first-order valence-corrected chi connectivity index (χ1v) is 8.72. The van der Waals surface area contributed by atoms with Crippen LogP contribution in [-0.2, 0) is 4.79 Å². The Morgan fingerprint density at radius 1 is 1.14 bits per heavy atom. The van der Waals surface area contributed by atoms with Gasteiger partial charge in [-0.05, 0) is 63.7 Å². The van der Waals surface area contributed by atoms with Crippen LogP contribution < -0.4 is 10.6 Å². The maximum Gasteiger partial charge on any atom is 0.315 e. The third kappa shape index (κ3) is 2.20. The number of fused-ring (bicyclic) bond motifs is 5. The van der Waals surface area contributed by atoms with Gasteiger partial charge in [-0.15, -0.1) is 0 Å². The van der Waals surface area contributed by atoms with E-state index in [1.165, 1.54) is 19.3 Å². The van der Waals surface area contributed by atoms with E-state index in [1.807, 2.05) is 25.7 Å². The molecular weight excluding hydrogens is 278 g/mol. The first-order valence-electron chi connectivity index (χ1n) is 8.72. The van der Waals surface area contributed by atoms with Crippen molar-refractivity contribution in [2.45, 2.75) is 64.1 Å². The Morgan fingerprint density at radius 3 is 2.32 bits per heavy atom. The number of hydrogen-bond donors (Lipinski definition) is 2.